The Labute approximate surface area is 183 Å². The first-order valence-electron chi connectivity index (χ1n) is 9.96. The molecule has 0 saturated carbocycles. The van der Waals surface area contributed by atoms with Crippen molar-refractivity contribution in [2.75, 3.05) is 20.0 Å². The van der Waals surface area contributed by atoms with E-state index in [1.165, 1.54) is 0 Å². The van der Waals surface area contributed by atoms with Gasteiger partial charge in [0.15, 0.2) is 6.29 Å². The zero-order valence-corrected chi connectivity index (χ0v) is 18.4. The fourth-order valence-corrected chi connectivity index (χ4v) is 3.57. The predicted octanol–water partition coefficient (Wildman–Crippen LogP) is 3.06. The fraction of sp³-hybridized carbons (Fsp3) is 0.391. The minimum Gasteiger partial charge on any atom is -0.368 e. The number of hydrogen-bond donors (Lipinski definition) is 0. The molecule has 168 valence electrons. The van der Waals surface area contributed by atoms with Gasteiger partial charge in [-0.05, 0) is 11.1 Å². The third kappa shape index (κ3) is 7.53. The molecule has 0 N–H and O–H groups in total. The van der Waals surface area contributed by atoms with Crippen LogP contribution >= 0.6 is 0 Å². The van der Waals surface area contributed by atoms with Crippen LogP contribution in [0.1, 0.15) is 11.1 Å². The van der Waals surface area contributed by atoms with Gasteiger partial charge >= 0.3 is 0 Å². The maximum absolute atomic E-state index is 11.2. The van der Waals surface area contributed by atoms with Gasteiger partial charge in [-0.3, -0.25) is 4.18 Å². The first-order chi connectivity index (χ1) is 15.0. The molecule has 1 heterocycles. The molecule has 0 aromatic heterocycles. The second-order valence-electron chi connectivity index (χ2n) is 7.14. The molecule has 0 radical (unpaired) electrons. The van der Waals surface area contributed by atoms with Crippen molar-refractivity contribution in [3.63, 3.8) is 0 Å². The first-order valence-corrected chi connectivity index (χ1v) is 11.8. The highest BCUT2D eigenvalue weighted by Gasteiger charge is 2.45. The van der Waals surface area contributed by atoms with Crippen LogP contribution in [0.15, 0.2) is 72.8 Å². The van der Waals surface area contributed by atoms with Crippen LogP contribution in [0.25, 0.3) is 0 Å². The lowest BCUT2D eigenvalue weighted by Gasteiger charge is -2.24. The molecule has 7 nitrogen and oxygen atoms in total. The Morgan fingerprint density at radius 2 is 1.45 bits per heavy atom. The SMILES string of the molecule is CO[C@@H]1O[C@H](/C=C\COS(C)(=O)=O)[C@@H](OCc2ccccc2)[C@H]1OCc1ccccc1. The third-order valence-electron chi connectivity index (χ3n) is 4.71. The van der Waals surface area contributed by atoms with Crippen molar-refractivity contribution in [2.24, 2.45) is 0 Å². The van der Waals surface area contributed by atoms with E-state index in [9.17, 15) is 8.42 Å². The smallest absolute Gasteiger partial charge is 0.264 e. The van der Waals surface area contributed by atoms with Crippen LogP contribution in [0.4, 0.5) is 0 Å². The molecule has 31 heavy (non-hydrogen) atoms. The van der Waals surface area contributed by atoms with Crippen LogP contribution in [-0.4, -0.2) is 53.0 Å². The van der Waals surface area contributed by atoms with E-state index >= 15 is 0 Å². The minimum absolute atomic E-state index is 0.0860. The van der Waals surface area contributed by atoms with E-state index in [2.05, 4.69) is 0 Å². The zero-order valence-electron chi connectivity index (χ0n) is 17.6. The van der Waals surface area contributed by atoms with Gasteiger partial charge in [0.2, 0.25) is 0 Å². The average molecular weight is 449 g/mol. The molecule has 2 aromatic rings. The van der Waals surface area contributed by atoms with Crippen molar-refractivity contribution in [3.8, 4) is 0 Å². The van der Waals surface area contributed by atoms with E-state index in [0.29, 0.717) is 13.2 Å². The topological polar surface area (TPSA) is 80.3 Å². The van der Waals surface area contributed by atoms with E-state index in [-0.39, 0.29) is 6.61 Å². The van der Waals surface area contributed by atoms with Crippen molar-refractivity contribution in [1.82, 2.24) is 0 Å². The molecule has 1 fully saturated rings. The summed E-state index contributed by atoms with van der Waals surface area (Å²) in [6.07, 6.45) is 2.28. The van der Waals surface area contributed by atoms with E-state index < -0.39 is 34.7 Å². The molecule has 8 heteroatoms. The van der Waals surface area contributed by atoms with Crippen LogP contribution in [0, 0.1) is 0 Å². The molecule has 0 unspecified atom stereocenters. The summed E-state index contributed by atoms with van der Waals surface area (Å²) in [6.45, 7) is 0.672. The highest BCUT2D eigenvalue weighted by atomic mass is 32.2. The Morgan fingerprint density at radius 1 is 0.903 bits per heavy atom. The van der Waals surface area contributed by atoms with Crippen molar-refractivity contribution in [3.05, 3.63) is 83.9 Å². The maximum Gasteiger partial charge on any atom is 0.264 e. The zero-order chi connectivity index (χ0) is 22.1. The molecule has 0 amide bonds. The Balaban J connectivity index is 1.71. The molecule has 1 aliphatic rings. The third-order valence-corrected chi connectivity index (χ3v) is 5.28. The fourth-order valence-electron chi connectivity index (χ4n) is 3.25. The Kier molecular flexibility index (Phi) is 8.77. The number of methoxy groups -OCH3 is 1. The molecule has 1 aliphatic heterocycles. The van der Waals surface area contributed by atoms with Crippen LogP contribution in [0.3, 0.4) is 0 Å². The minimum atomic E-state index is -3.52. The molecule has 0 bridgehead atoms. The van der Waals surface area contributed by atoms with Gasteiger partial charge in [0.25, 0.3) is 10.1 Å². The summed E-state index contributed by atoms with van der Waals surface area (Å²) in [6, 6.07) is 19.6. The molecular weight excluding hydrogens is 420 g/mol. The Hall–Kier alpha value is -2.07. The Bertz CT molecular complexity index is 915. The molecule has 2 aromatic carbocycles. The highest BCUT2D eigenvalue weighted by Crippen LogP contribution is 2.29. The van der Waals surface area contributed by atoms with E-state index in [0.717, 1.165) is 17.4 Å². The lowest BCUT2D eigenvalue weighted by atomic mass is 10.1. The molecule has 1 saturated heterocycles. The van der Waals surface area contributed by atoms with Crippen molar-refractivity contribution in [2.45, 2.75) is 37.8 Å². The maximum atomic E-state index is 11.2. The van der Waals surface area contributed by atoms with Crippen molar-refractivity contribution in [1.29, 1.82) is 0 Å². The second kappa shape index (κ2) is 11.5. The van der Waals surface area contributed by atoms with Gasteiger partial charge in [-0.1, -0.05) is 72.8 Å². The van der Waals surface area contributed by atoms with Crippen LogP contribution in [0.2, 0.25) is 0 Å². The van der Waals surface area contributed by atoms with Gasteiger partial charge in [0.05, 0.1) is 26.1 Å². The second-order valence-corrected chi connectivity index (χ2v) is 8.79. The first kappa shape index (κ1) is 23.6. The lowest BCUT2D eigenvalue weighted by molar-refractivity contribution is -0.164. The monoisotopic (exact) mass is 448 g/mol. The molecule has 3 rings (SSSR count). The standard InChI is InChI=1S/C23H28O7S/c1-26-23-22(28-17-19-12-7-4-8-13-19)21(27-16-18-10-5-3-6-11-18)20(30-23)14-9-15-29-31(2,24)25/h3-14,20-23H,15-17H2,1-2H3/b14-9-/t20-,21-,22-,23-/m1/s1. The van der Waals surface area contributed by atoms with Gasteiger partial charge in [0, 0.05) is 7.11 Å². The summed E-state index contributed by atoms with van der Waals surface area (Å²) in [7, 11) is -1.97. The van der Waals surface area contributed by atoms with Crippen LogP contribution < -0.4 is 0 Å². The van der Waals surface area contributed by atoms with Gasteiger partial charge in [-0.15, -0.1) is 0 Å². The summed E-state index contributed by atoms with van der Waals surface area (Å²) < 4.78 is 50.9. The molecule has 0 spiro atoms. The van der Waals surface area contributed by atoms with Crippen molar-refractivity contribution < 1.29 is 31.5 Å². The predicted molar refractivity (Wildman–Crippen MR) is 116 cm³/mol. The summed E-state index contributed by atoms with van der Waals surface area (Å²) in [5.41, 5.74) is 2.05. The van der Waals surface area contributed by atoms with Gasteiger partial charge in [-0.25, -0.2) is 0 Å². The molecule has 0 aliphatic carbocycles. The van der Waals surface area contributed by atoms with Gasteiger partial charge in [-0.2, -0.15) is 8.42 Å². The number of ether oxygens (including phenoxy) is 4. The largest absolute Gasteiger partial charge is 0.368 e. The Morgan fingerprint density at radius 3 is 1.97 bits per heavy atom. The van der Waals surface area contributed by atoms with E-state index in [1.54, 1.807) is 19.3 Å². The van der Waals surface area contributed by atoms with E-state index in [4.69, 9.17) is 23.1 Å². The van der Waals surface area contributed by atoms with E-state index in [1.807, 2.05) is 60.7 Å². The highest BCUT2D eigenvalue weighted by molar-refractivity contribution is 7.85. The number of benzene rings is 2. The lowest BCUT2D eigenvalue weighted by Crippen LogP contribution is -2.37. The summed E-state index contributed by atoms with van der Waals surface area (Å²) in [4.78, 5) is 0. The number of hydrogen-bond acceptors (Lipinski definition) is 7. The normalized spacial score (nSPS) is 24.1. The summed E-state index contributed by atoms with van der Waals surface area (Å²) in [5, 5.41) is 0. The molecular formula is C23H28O7S. The molecule has 4 atom stereocenters. The van der Waals surface area contributed by atoms with Gasteiger partial charge in [0.1, 0.15) is 18.3 Å². The van der Waals surface area contributed by atoms with Crippen LogP contribution in [0.5, 0.6) is 0 Å². The quantitative estimate of drug-likeness (QED) is 0.386. The summed E-state index contributed by atoms with van der Waals surface area (Å²) in [5.74, 6) is 0. The van der Waals surface area contributed by atoms with Crippen molar-refractivity contribution >= 4 is 10.1 Å². The van der Waals surface area contributed by atoms with Gasteiger partial charge < -0.3 is 18.9 Å². The van der Waals surface area contributed by atoms with Crippen LogP contribution in [-0.2, 0) is 46.5 Å². The number of rotatable bonds is 11. The summed E-state index contributed by atoms with van der Waals surface area (Å²) >= 11 is 0. The average Bonchev–Trinajstić information content (AvgIpc) is 3.11.